The molecule has 0 bridgehead atoms. The number of imidazole rings is 1. The Hall–Kier alpha value is -0.820. The summed E-state index contributed by atoms with van der Waals surface area (Å²) >= 11 is 6.86. The van der Waals surface area contributed by atoms with Crippen LogP contribution in [-0.4, -0.2) is 15.4 Å². The topological polar surface area (TPSA) is 29.3 Å². The lowest BCUT2D eigenvalue weighted by molar-refractivity contribution is 0.574. The minimum atomic E-state index is 0.458. The predicted molar refractivity (Wildman–Crippen MR) is 93.3 cm³/mol. The van der Waals surface area contributed by atoms with Crippen LogP contribution in [0.4, 0.5) is 0 Å². The molecule has 0 aliphatic carbocycles. The quantitative estimate of drug-likeness (QED) is 0.687. The van der Waals surface area contributed by atoms with Crippen molar-refractivity contribution in [2.75, 3.05) is 0 Å². The molecule has 0 saturated carbocycles. The molecule has 0 amide bonds. The predicted octanol–water partition coefficient (Wildman–Crippen LogP) is 4.81. The van der Waals surface area contributed by atoms with Crippen LogP contribution in [0.2, 0.25) is 0 Å². The Bertz CT molecular complexity index is 731. The smallest absolute Gasteiger partial charge is 0.194 e. The lowest BCUT2D eigenvalue weighted by Crippen LogP contribution is -2.22. The zero-order valence-corrected chi connectivity index (χ0v) is 15.1. The summed E-state index contributed by atoms with van der Waals surface area (Å²) in [5, 5.41) is 6.65. The Morgan fingerprint density at radius 2 is 2.10 bits per heavy atom. The molecule has 2 heterocycles. The zero-order valence-electron chi connectivity index (χ0n) is 11.8. The van der Waals surface area contributed by atoms with Gasteiger partial charge in [-0.3, -0.25) is 4.40 Å². The van der Waals surface area contributed by atoms with Gasteiger partial charge in [-0.05, 0) is 24.3 Å². The molecular formula is C15H16BrN3S2. The Morgan fingerprint density at radius 3 is 2.81 bits per heavy atom. The highest BCUT2D eigenvalue weighted by Gasteiger charge is 2.14. The molecule has 0 spiro atoms. The van der Waals surface area contributed by atoms with Crippen molar-refractivity contribution in [1.82, 2.24) is 14.7 Å². The van der Waals surface area contributed by atoms with Gasteiger partial charge in [0.15, 0.2) is 4.96 Å². The third-order valence-electron chi connectivity index (χ3n) is 3.03. The minimum absolute atomic E-state index is 0.458. The molecule has 0 fully saturated rings. The third-order valence-corrected chi connectivity index (χ3v) is 5.34. The lowest BCUT2D eigenvalue weighted by Gasteiger charge is -2.09. The summed E-state index contributed by atoms with van der Waals surface area (Å²) in [7, 11) is 0. The van der Waals surface area contributed by atoms with Gasteiger partial charge in [0.05, 0.1) is 5.69 Å². The summed E-state index contributed by atoms with van der Waals surface area (Å²) in [4.78, 5) is 7.02. The maximum atomic E-state index is 4.76. The van der Waals surface area contributed by atoms with E-state index in [-0.39, 0.29) is 0 Å². The molecule has 3 nitrogen and oxygen atoms in total. The van der Waals surface area contributed by atoms with Crippen LogP contribution in [-0.2, 0) is 6.54 Å². The van der Waals surface area contributed by atoms with Crippen molar-refractivity contribution in [3.05, 3.63) is 46.0 Å². The number of fused-ring (bicyclic) bond motifs is 1. The van der Waals surface area contributed by atoms with Gasteiger partial charge in [-0.25, -0.2) is 4.98 Å². The number of hydrogen-bond donors (Lipinski definition) is 1. The highest BCUT2D eigenvalue weighted by molar-refractivity contribution is 9.10. The molecule has 0 radical (unpaired) electrons. The van der Waals surface area contributed by atoms with Gasteiger partial charge in [-0.2, -0.15) is 0 Å². The van der Waals surface area contributed by atoms with Crippen LogP contribution in [0.1, 0.15) is 19.5 Å². The fraction of sp³-hybridized carbons (Fsp3) is 0.267. The van der Waals surface area contributed by atoms with Crippen LogP contribution < -0.4 is 5.32 Å². The Labute approximate surface area is 140 Å². The maximum absolute atomic E-state index is 4.76. The molecular weight excluding hydrogens is 366 g/mol. The van der Waals surface area contributed by atoms with Crippen LogP contribution in [0.5, 0.6) is 0 Å². The van der Waals surface area contributed by atoms with Crippen molar-refractivity contribution < 1.29 is 0 Å². The molecule has 6 heteroatoms. The van der Waals surface area contributed by atoms with E-state index in [0.717, 1.165) is 21.0 Å². The van der Waals surface area contributed by atoms with Crippen LogP contribution in [0.25, 0.3) is 4.96 Å². The summed E-state index contributed by atoms with van der Waals surface area (Å²) in [6.45, 7) is 5.15. The van der Waals surface area contributed by atoms with Gasteiger partial charge in [-0.15, -0.1) is 11.3 Å². The third kappa shape index (κ3) is 3.51. The van der Waals surface area contributed by atoms with Gasteiger partial charge >= 0.3 is 0 Å². The first-order valence-corrected chi connectivity index (χ1v) is 9.23. The summed E-state index contributed by atoms with van der Waals surface area (Å²) < 4.78 is 3.28. The van der Waals surface area contributed by atoms with Crippen molar-refractivity contribution in [3.63, 3.8) is 0 Å². The average Bonchev–Trinajstić information content (AvgIpc) is 3.00. The SMILES string of the molecule is CC(C)NCc1c(Sc2ccc(Br)cc2)nc2sccn12. The number of rotatable bonds is 5. The second-order valence-corrected chi connectivity index (χ2v) is 7.86. The Morgan fingerprint density at radius 1 is 1.33 bits per heavy atom. The van der Waals surface area contributed by atoms with Crippen LogP contribution in [0.15, 0.2) is 50.2 Å². The van der Waals surface area contributed by atoms with Gasteiger partial charge in [0.2, 0.25) is 0 Å². The van der Waals surface area contributed by atoms with E-state index in [1.54, 1.807) is 23.1 Å². The summed E-state index contributed by atoms with van der Waals surface area (Å²) in [5.74, 6) is 0. The Kier molecular flexibility index (Phi) is 4.69. The highest BCUT2D eigenvalue weighted by atomic mass is 79.9. The van der Waals surface area contributed by atoms with Crippen LogP contribution >= 0.6 is 39.0 Å². The molecule has 0 aliphatic rings. The molecule has 3 aromatic rings. The van der Waals surface area contributed by atoms with Gasteiger partial charge in [0.1, 0.15) is 5.03 Å². The second-order valence-electron chi connectivity index (χ2n) is 5.01. The number of hydrogen-bond acceptors (Lipinski definition) is 4. The Balaban J connectivity index is 1.91. The first-order valence-electron chi connectivity index (χ1n) is 6.74. The first kappa shape index (κ1) is 15.1. The molecule has 1 N–H and O–H groups in total. The van der Waals surface area contributed by atoms with Gasteiger partial charge < -0.3 is 5.32 Å². The fourth-order valence-electron chi connectivity index (χ4n) is 1.97. The van der Waals surface area contributed by atoms with Crippen LogP contribution in [0, 0.1) is 0 Å². The van der Waals surface area contributed by atoms with E-state index >= 15 is 0 Å². The first-order chi connectivity index (χ1) is 10.1. The van der Waals surface area contributed by atoms with Crippen molar-refractivity contribution in [3.8, 4) is 0 Å². The monoisotopic (exact) mass is 381 g/mol. The van der Waals surface area contributed by atoms with E-state index in [2.05, 4.69) is 75.3 Å². The lowest BCUT2D eigenvalue weighted by atomic mass is 10.3. The van der Waals surface area contributed by atoms with Crippen molar-refractivity contribution in [1.29, 1.82) is 0 Å². The number of halogens is 1. The van der Waals surface area contributed by atoms with Crippen molar-refractivity contribution in [2.45, 2.75) is 36.4 Å². The number of nitrogens with one attached hydrogen (secondary N) is 1. The van der Waals surface area contributed by atoms with E-state index in [0.29, 0.717) is 6.04 Å². The number of thiazole rings is 1. The van der Waals surface area contributed by atoms with Crippen molar-refractivity contribution >= 4 is 44.0 Å². The van der Waals surface area contributed by atoms with E-state index < -0.39 is 0 Å². The molecule has 0 aliphatic heterocycles. The van der Waals surface area contributed by atoms with E-state index in [1.807, 2.05) is 0 Å². The molecule has 2 aromatic heterocycles. The molecule has 0 saturated heterocycles. The van der Waals surface area contributed by atoms with E-state index in [9.17, 15) is 0 Å². The van der Waals surface area contributed by atoms with Gasteiger partial charge in [0.25, 0.3) is 0 Å². The number of nitrogens with zero attached hydrogens (tertiary/aromatic N) is 2. The van der Waals surface area contributed by atoms with Crippen LogP contribution in [0.3, 0.4) is 0 Å². The maximum Gasteiger partial charge on any atom is 0.194 e. The van der Waals surface area contributed by atoms with Gasteiger partial charge in [-0.1, -0.05) is 41.5 Å². The summed E-state index contributed by atoms with van der Waals surface area (Å²) in [6, 6.07) is 8.81. The molecule has 110 valence electrons. The normalized spacial score (nSPS) is 11.6. The molecule has 21 heavy (non-hydrogen) atoms. The minimum Gasteiger partial charge on any atom is -0.309 e. The van der Waals surface area contributed by atoms with Gasteiger partial charge in [0, 0.05) is 33.5 Å². The van der Waals surface area contributed by atoms with E-state index in [4.69, 9.17) is 4.98 Å². The summed E-state index contributed by atoms with van der Waals surface area (Å²) in [6.07, 6.45) is 2.09. The zero-order chi connectivity index (χ0) is 14.8. The summed E-state index contributed by atoms with van der Waals surface area (Å²) in [5.41, 5.74) is 1.23. The molecule has 0 atom stereocenters. The number of aromatic nitrogens is 2. The van der Waals surface area contributed by atoms with Crippen molar-refractivity contribution in [2.24, 2.45) is 0 Å². The second kappa shape index (κ2) is 6.52. The molecule has 3 rings (SSSR count). The highest BCUT2D eigenvalue weighted by Crippen LogP contribution is 2.32. The molecule has 0 unspecified atom stereocenters. The number of benzene rings is 1. The standard InChI is InChI=1S/C15H16BrN3S2/c1-10(2)17-9-13-14(18-15-19(13)7-8-20-15)21-12-5-3-11(16)4-6-12/h3-8,10,17H,9H2,1-2H3. The fourth-order valence-corrected chi connectivity index (χ4v) is 3.94. The van der Waals surface area contributed by atoms with E-state index in [1.165, 1.54) is 10.6 Å². The average molecular weight is 382 g/mol. The largest absolute Gasteiger partial charge is 0.309 e. The molecule has 1 aromatic carbocycles.